The third-order valence-corrected chi connectivity index (χ3v) is 2.67. The lowest BCUT2D eigenvalue weighted by Crippen LogP contribution is -2.44. The second kappa shape index (κ2) is 6.02. The summed E-state index contributed by atoms with van der Waals surface area (Å²) in [5.74, 6) is -0.358. The summed E-state index contributed by atoms with van der Waals surface area (Å²) in [6.07, 6.45) is 0. The second-order valence-electron chi connectivity index (χ2n) is 5.22. The molecular weight excluding hydrogens is 247 g/mol. The van der Waals surface area contributed by atoms with Crippen molar-refractivity contribution in [2.75, 3.05) is 18.4 Å². The number of urea groups is 1. The molecule has 0 unspecified atom stereocenters. The van der Waals surface area contributed by atoms with Gasteiger partial charge in [-0.3, -0.25) is 0 Å². The molecule has 1 aromatic rings. The minimum absolute atomic E-state index is 0.212. The highest BCUT2D eigenvalue weighted by Crippen LogP contribution is 2.14. The molecule has 1 rings (SSSR count). The van der Waals surface area contributed by atoms with Gasteiger partial charge in [0.05, 0.1) is 12.1 Å². The van der Waals surface area contributed by atoms with Crippen LogP contribution < -0.4 is 5.32 Å². The number of amides is 2. The van der Waals surface area contributed by atoms with Gasteiger partial charge in [-0.15, -0.1) is 0 Å². The average molecular weight is 268 g/mol. The third kappa shape index (κ3) is 4.87. The van der Waals surface area contributed by atoms with E-state index in [1.54, 1.807) is 32.9 Å². The monoisotopic (exact) mass is 268 g/mol. The molecule has 5 heteroatoms. The zero-order chi connectivity index (χ0) is 14.6. The number of rotatable bonds is 4. The van der Waals surface area contributed by atoms with Crippen LogP contribution in [0.4, 0.5) is 14.9 Å². The molecule has 0 aliphatic rings. The quantitative estimate of drug-likeness (QED) is 0.882. The number of halogens is 1. The summed E-state index contributed by atoms with van der Waals surface area (Å²) in [5, 5.41) is 12.4. The van der Waals surface area contributed by atoms with Crippen molar-refractivity contribution in [1.82, 2.24) is 4.90 Å². The molecule has 0 saturated carbocycles. The van der Waals surface area contributed by atoms with Crippen LogP contribution in [-0.2, 0) is 0 Å². The van der Waals surface area contributed by atoms with Crippen LogP contribution in [0.15, 0.2) is 18.2 Å². The van der Waals surface area contributed by atoms with Crippen LogP contribution in [0, 0.1) is 12.7 Å². The van der Waals surface area contributed by atoms with Crippen LogP contribution in [0.5, 0.6) is 0 Å². The number of nitrogens with zero attached hydrogens (tertiary/aromatic N) is 1. The van der Waals surface area contributed by atoms with E-state index in [4.69, 9.17) is 0 Å². The summed E-state index contributed by atoms with van der Waals surface area (Å²) in [6, 6.07) is 4.18. The number of likely N-dealkylation sites (N-methyl/N-ethyl adjacent to an activating group) is 1. The van der Waals surface area contributed by atoms with Gasteiger partial charge in [-0.25, -0.2) is 9.18 Å². The van der Waals surface area contributed by atoms with Crippen molar-refractivity contribution in [2.45, 2.75) is 33.3 Å². The molecule has 0 bridgehead atoms. The maximum Gasteiger partial charge on any atom is 0.321 e. The van der Waals surface area contributed by atoms with Crippen molar-refractivity contribution >= 4 is 11.7 Å². The lowest BCUT2D eigenvalue weighted by atomic mass is 10.1. The Balaban J connectivity index is 2.74. The summed E-state index contributed by atoms with van der Waals surface area (Å²) in [4.78, 5) is 13.5. The van der Waals surface area contributed by atoms with Gasteiger partial charge in [0.2, 0.25) is 0 Å². The number of hydrogen-bond donors (Lipinski definition) is 2. The van der Waals surface area contributed by atoms with E-state index in [-0.39, 0.29) is 18.4 Å². The van der Waals surface area contributed by atoms with Crippen LogP contribution in [-0.4, -0.2) is 34.7 Å². The number of anilines is 1. The van der Waals surface area contributed by atoms with Gasteiger partial charge in [0.25, 0.3) is 0 Å². The highest BCUT2D eigenvalue weighted by Gasteiger charge is 2.21. The van der Waals surface area contributed by atoms with Crippen molar-refractivity contribution in [2.24, 2.45) is 0 Å². The molecule has 0 aliphatic heterocycles. The zero-order valence-electron chi connectivity index (χ0n) is 11.8. The molecule has 0 fully saturated rings. The smallest absolute Gasteiger partial charge is 0.321 e. The number of hydrogen-bond acceptors (Lipinski definition) is 2. The van der Waals surface area contributed by atoms with Gasteiger partial charge < -0.3 is 15.3 Å². The summed E-state index contributed by atoms with van der Waals surface area (Å²) < 4.78 is 13.4. The first-order valence-corrected chi connectivity index (χ1v) is 6.27. The minimum Gasteiger partial charge on any atom is -0.389 e. The minimum atomic E-state index is -0.966. The SMILES string of the molecule is CCN(CC(C)(C)O)C(=O)Nc1ccc(C)c(F)c1. The second-order valence-corrected chi connectivity index (χ2v) is 5.22. The topological polar surface area (TPSA) is 52.6 Å². The predicted octanol–water partition coefficient (Wildman–Crippen LogP) is 2.76. The molecule has 2 N–H and O–H groups in total. The van der Waals surface area contributed by atoms with Gasteiger partial charge in [-0.2, -0.15) is 0 Å². The average Bonchev–Trinajstić information content (AvgIpc) is 2.29. The van der Waals surface area contributed by atoms with Gasteiger partial charge >= 0.3 is 6.03 Å². The normalized spacial score (nSPS) is 11.3. The molecule has 19 heavy (non-hydrogen) atoms. The van der Waals surface area contributed by atoms with Crippen molar-refractivity contribution < 1.29 is 14.3 Å². The highest BCUT2D eigenvalue weighted by atomic mass is 19.1. The standard InChI is InChI=1S/C14H21FN2O2/c1-5-17(9-14(3,4)19)13(18)16-11-7-6-10(2)12(15)8-11/h6-8,19H,5,9H2,1-4H3,(H,16,18). The predicted molar refractivity (Wildman–Crippen MR) is 73.7 cm³/mol. The van der Waals surface area contributed by atoms with E-state index in [0.29, 0.717) is 17.8 Å². The number of aryl methyl sites for hydroxylation is 1. The lowest BCUT2D eigenvalue weighted by molar-refractivity contribution is 0.0501. The Kier molecular flexibility index (Phi) is 4.89. The van der Waals surface area contributed by atoms with Crippen molar-refractivity contribution in [3.8, 4) is 0 Å². The summed E-state index contributed by atoms with van der Waals surface area (Å²) in [6.45, 7) is 7.42. The molecule has 0 atom stereocenters. The number of benzene rings is 1. The summed E-state index contributed by atoms with van der Waals surface area (Å²) in [5.41, 5.74) is -0.0320. The summed E-state index contributed by atoms with van der Waals surface area (Å²) in [7, 11) is 0. The van der Waals surface area contributed by atoms with Crippen LogP contribution in [0.25, 0.3) is 0 Å². The Morgan fingerprint density at radius 2 is 2.11 bits per heavy atom. The Hall–Kier alpha value is -1.62. The maximum absolute atomic E-state index is 13.4. The van der Waals surface area contributed by atoms with Gasteiger partial charge in [-0.1, -0.05) is 6.07 Å². The van der Waals surface area contributed by atoms with Crippen molar-refractivity contribution in [1.29, 1.82) is 0 Å². The Bertz CT molecular complexity index is 455. The van der Waals surface area contributed by atoms with Crippen molar-refractivity contribution in [3.05, 3.63) is 29.6 Å². The third-order valence-electron chi connectivity index (χ3n) is 2.67. The van der Waals surface area contributed by atoms with Crippen molar-refractivity contribution in [3.63, 3.8) is 0 Å². The fourth-order valence-corrected chi connectivity index (χ4v) is 1.67. The first kappa shape index (κ1) is 15.4. The first-order valence-electron chi connectivity index (χ1n) is 6.27. The van der Waals surface area contributed by atoms with E-state index in [1.165, 1.54) is 11.0 Å². The van der Waals surface area contributed by atoms with Crippen LogP contribution in [0.3, 0.4) is 0 Å². The number of carbonyl (C=O) groups is 1. The van der Waals surface area contributed by atoms with E-state index in [1.807, 2.05) is 6.92 Å². The molecule has 0 heterocycles. The highest BCUT2D eigenvalue weighted by molar-refractivity contribution is 5.89. The van der Waals surface area contributed by atoms with E-state index in [0.717, 1.165) is 0 Å². The molecule has 0 radical (unpaired) electrons. The molecule has 0 aliphatic carbocycles. The van der Waals surface area contributed by atoms with Crippen LogP contribution in [0.1, 0.15) is 26.3 Å². The zero-order valence-corrected chi connectivity index (χ0v) is 11.8. The molecule has 4 nitrogen and oxygen atoms in total. The van der Waals surface area contributed by atoms with Gasteiger partial charge in [0.1, 0.15) is 5.82 Å². The molecule has 1 aromatic carbocycles. The van der Waals surface area contributed by atoms with Crippen LogP contribution >= 0.6 is 0 Å². The molecule has 0 aromatic heterocycles. The van der Waals surface area contributed by atoms with Gasteiger partial charge in [-0.05, 0) is 45.4 Å². The molecule has 106 valence electrons. The van der Waals surface area contributed by atoms with Crippen LogP contribution in [0.2, 0.25) is 0 Å². The fraction of sp³-hybridized carbons (Fsp3) is 0.500. The number of nitrogens with one attached hydrogen (secondary N) is 1. The Morgan fingerprint density at radius 3 is 2.58 bits per heavy atom. The number of aliphatic hydroxyl groups is 1. The van der Waals surface area contributed by atoms with Gasteiger partial charge in [0.15, 0.2) is 0 Å². The Morgan fingerprint density at radius 1 is 1.47 bits per heavy atom. The fourth-order valence-electron chi connectivity index (χ4n) is 1.67. The van der Waals surface area contributed by atoms with E-state index in [2.05, 4.69) is 5.32 Å². The first-order chi connectivity index (χ1) is 8.73. The summed E-state index contributed by atoms with van der Waals surface area (Å²) >= 11 is 0. The maximum atomic E-state index is 13.4. The lowest BCUT2D eigenvalue weighted by Gasteiger charge is -2.28. The molecule has 0 saturated heterocycles. The molecular formula is C14H21FN2O2. The molecule has 0 spiro atoms. The largest absolute Gasteiger partial charge is 0.389 e. The van der Waals surface area contributed by atoms with E-state index >= 15 is 0 Å². The van der Waals surface area contributed by atoms with E-state index < -0.39 is 5.60 Å². The Labute approximate surface area is 113 Å². The number of carbonyl (C=O) groups excluding carboxylic acids is 1. The van der Waals surface area contributed by atoms with Gasteiger partial charge in [0, 0.05) is 12.2 Å². The molecule has 2 amide bonds. The van der Waals surface area contributed by atoms with E-state index in [9.17, 15) is 14.3 Å².